The summed E-state index contributed by atoms with van der Waals surface area (Å²) in [4.78, 5) is 25.4. The Morgan fingerprint density at radius 2 is 2.11 bits per heavy atom. The normalized spacial score (nSPS) is 27.7. The predicted octanol–water partition coefficient (Wildman–Crippen LogP) is 2.92. The van der Waals surface area contributed by atoms with Crippen molar-refractivity contribution in [2.45, 2.75) is 52.6 Å². The van der Waals surface area contributed by atoms with Crippen LogP contribution >= 0.6 is 0 Å². The minimum Gasteiger partial charge on any atom is -0.444 e. The fraction of sp³-hybridized carbons (Fsp3) is 0.733. The van der Waals surface area contributed by atoms with Gasteiger partial charge in [0.1, 0.15) is 11.4 Å². The maximum absolute atomic E-state index is 12.1. The Balaban J connectivity index is 2.09. The van der Waals surface area contributed by atoms with E-state index in [0.717, 1.165) is 6.42 Å². The molecule has 0 aromatic carbocycles. The highest BCUT2D eigenvalue weighted by molar-refractivity contribution is 5.83. The van der Waals surface area contributed by atoms with Crippen LogP contribution in [0, 0.1) is 5.41 Å². The largest absolute Gasteiger partial charge is 0.444 e. The van der Waals surface area contributed by atoms with Gasteiger partial charge in [-0.1, -0.05) is 18.6 Å². The average Bonchev–Trinajstić information content (AvgIpc) is 2.27. The topological polar surface area (TPSA) is 46.6 Å². The summed E-state index contributed by atoms with van der Waals surface area (Å²) in [6, 6.07) is 0. The lowest BCUT2D eigenvalue weighted by atomic mass is 9.69. The molecule has 0 spiro atoms. The van der Waals surface area contributed by atoms with Crippen molar-refractivity contribution in [2.75, 3.05) is 13.1 Å². The van der Waals surface area contributed by atoms with E-state index in [-0.39, 0.29) is 11.5 Å². The van der Waals surface area contributed by atoms with Crippen LogP contribution in [0.4, 0.5) is 4.79 Å². The number of fused-ring (bicyclic) bond motifs is 1. The third-order valence-corrected chi connectivity index (χ3v) is 3.87. The van der Waals surface area contributed by atoms with E-state index in [1.807, 2.05) is 26.8 Å². The Hall–Kier alpha value is -1.32. The van der Waals surface area contributed by atoms with Gasteiger partial charge in [-0.05, 0) is 27.2 Å². The van der Waals surface area contributed by atoms with Gasteiger partial charge in [0.2, 0.25) is 0 Å². The van der Waals surface area contributed by atoms with Crippen molar-refractivity contribution in [2.24, 2.45) is 5.41 Å². The summed E-state index contributed by atoms with van der Waals surface area (Å²) in [6.07, 6.45) is 3.77. The SMILES string of the molecule is CC(C)(C)OC(=O)N1CC=C2CC(=O)CC[C@]2(C)C1. The van der Waals surface area contributed by atoms with Crippen LogP contribution in [0.1, 0.15) is 47.0 Å². The molecule has 1 fully saturated rings. The Kier molecular flexibility index (Phi) is 3.45. The second kappa shape index (κ2) is 4.66. The summed E-state index contributed by atoms with van der Waals surface area (Å²) in [7, 11) is 0. The first kappa shape index (κ1) is 14.1. The maximum Gasteiger partial charge on any atom is 0.410 e. The van der Waals surface area contributed by atoms with Crippen LogP contribution in [0.5, 0.6) is 0 Å². The number of nitrogens with zero attached hydrogens (tertiary/aromatic N) is 1. The van der Waals surface area contributed by atoms with Crippen molar-refractivity contribution >= 4 is 11.9 Å². The highest BCUT2D eigenvalue weighted by Gasteiger charge is 2.40. The number of ether oxygens (including phenoxy) is 1. The monoisotopic (exact) mass is 265 g/mol. The predicted molar refractivity (Wildman–Crippen MR) is 72.9 cm³/mol. The molecule has 4 nitrogen and oxygen atoms in total. The lowest BCUT2D eigenvalue weighted by Gasteiger charge is -2.43. The summed E-state index contributed by atoms with van der Waals surface area (Å²) in [6.45, 7) is 8.96. The van der Waals surface area contributed by atoms with Gasteiger partial charge >= 0.3 is 6.09 Å². The van der Waals surface area contributed by atoms with E-state index in [4.69, 9.17) is 4.74 Å². The van der Waals surface area contributed by atoms with Crippen LogP contribution in [0.15, 0.2) is 11.6 Å². The molecule has 0 aromatic heterocycles. The molecular weight excluding hydrogens is 242 g/mol. The second-order valence-electron chi connectivity index (χ2n) is 6.87. The van der Waals surface area contributed by atoms with E-state index in [1.54, 1.807) is 4.90 Å². The van der Waals surface area contributed by atoms with E-state index < -0.39 is 5.60 Å². The van der Waals surface area contributed by atoms with Gasteiger partial charge in [-0.2, -0.15) is 0 Å². The minimum absolute atomic E-state index is 0.0525. The third-order valence-electron chi connectivity index (χ3n) is 3.87. The van der Waals surface area contributed by atoms with E-state index in [2.05, 4.69) is 6.92 Å². The molecule has 0 aromatic rings. The highest BCUT2D eigenvalue weighted by atomic mass is 16.6. The standard InChI is InChI=1S/C15H23NO3/c1-14(2,3)19-13(18)16-8-6-11-9-12(17)5-7-15(11,4)10-16/h6H,5,7-10H2,1-4H3/t15-/m1/s1. The van der Waals surface area contributed by atoms with E-state index in [9.17, 15) is 9.59 Å². The number of hydrogen-bond donors (Lipinski definition) is 0. The first-order chi connectivity index (χ1) is 8.70. The number of carbonyl (C=O) groups excluding carboxylic acids is 2. The van der Waals surface area contributed by atoms with Gasteiger partial charge in [-0.15, -0.1) is 0 Å². The number of rotatable bonds is 0. The Morgan fingerprint density at radius 1 is 1.42 bits per heavy atom. The van der Waals surface area contributed by atoms with Crippen LogP contribution in [-0.4, -0.2) is 35.5 Å². The van der Waals surface area contributed by atoms with Crippen LogP contribution < -0.4 is 0 Å². The van der Waals surface area contributed by atoms with Crippen molar-refractivity contribution in [1.82, 2.24) is 4.90 Å². The third kappa shape index (κ3) is 3.17. The molecule has 1 saturated carbocycles. The number of hydrogen-bond acceptors (Lipinski definition) is 3. The first-order valence-corrected chi connectivity index (χ1v) is 6.89. The molecule has 4 heteroatoms. The lowest BCUT2D eigenvalue weighted by molar-refractivity contribution is -0.120. The van der Waals surface area contributed by atoms with Crippen LogP contribution in [0.25, 0.3) is 0 Å². The molecule has 106 valence electrons. The summed E-state index contributed by atoms with van der Waals surface area (Å²) in [5, 5.41) is 0. The lowest BCUT2D eigenvalue weighted by Crippen LogP contribution is -2.48. The van der Waals surface area contributed by atoms with Gasteiger partial charge in [0.15, 0.2) is 0 Å². The van der Waals surface area contributed by atoms with Gasteiger partial charge in [-0.25, -0.2) is 4.79 Å². The van der Waals surface area contributed by atoms with Crippen LogP contribution in [0.2, 0.25) is 0 Å². The number of carbonyl (C=O) groups is 2. The zero-order valence-corrected chi connectivity index (χ0v) is 12.3. The highest BCUT2D eigenvalue weighted by Crippen LogP contribution is 2.42. The molecule has 1 atom stereocenters. The molecular formula is C15H23NO3. The second-order valence-corrected chi connectivity index (χ2v) is 6.87. The molecule has 0 N–H and O–H groups in total. The Morgan fingerprint density at radius 3 is 2.74 bits per heavy atom. The van der Waals surface area contributed by atoms with Gasteiger partial charge in [-0.3, -0.25) is 4.79 Å². The fourth-order valence-corrected chi connectivity index (χ4v) is 2.76. The van der Waals surface area contributed by atoms with E-state index in [0.29, 0.717) is 31.7 Å². The Bertz CT molecular complexity index is 433. The van der Waals surface area contributed by atoms with E-state index >= 15 is 0 Å². The van der Waals surface area contributed by atoms with Crippen LogP contribution in [-0.2, 0) is 9.53 Å². The minimum atomic E-state index is -0.468. The number of ketones is 1. The summed E-state index contributed by atoms with van der Waals surface area (Å²) >= 11 is 0. The van der Waals surface area contributed by atoms with Gasteiger partial charge in [0.25, 0.3) is 0 Å². The van der Waals surface area contributed by atoms with Crippen molar-refractivity contribution in [1.29, 1.82) is 0 Å². The Labute approximate surface area is 114 Å². The van der Waals surface area contributed by atoms with Crippen molar-refractivity contribution in [3.05, 3.63) is 11.6 Å². The van der Waals surface area contributed by atoms with Crippen LogP contribution in [0.3, 0.4) is 0 Å². The summed E-state index contributed by atoms with van der Waals surface area (Å²) < 4.78 is 5.41. The van der Waals surface area contributed by atoms with Crippen molar-refractivity contribution < 1.29 is 14.3 Å². The molecule has 2 aliphatic rings. The summed E-state index contributed by atoms with van der Waals surface area (Å²) in [5.74, 6) is 0.314. The molecule has 19 heavy (non-hydrogen) atoms. The molecule has 1 amide bonds. The van der Waals surface area contributed by atoms with E-state index in [1.165, 1.54) is 5.57 Å². The smallest absolute Gasteiger partial charge is 0.410 e. The molecule has 1 heterocycles. The molecule has 2 rings (SSSR count). The number of Topliss-reactive ketones (excluding diaryl/α,β-unsaturated/α-hetero) is 1. The van der Waals surface area contributed by atoms with Crippen molar-refractivity contribution in [3.8, 4) is 0 Å². The van der Waals surface area contributed by atoms with Gasteiger partial charge in [0.05, 0.1) is 0 Å². The molecule has 0 saturated heterocycles. The van der Waals surface area contributed by atoms with Gasteiger partial charge in [0, 0.05) is 31.3 Å². The average molecular weight is 265 g/mol. The molecule has 1 aliphatic carbocycles. The van der Waals surface area contributed by atoms with Crippen molar-refractivity contribution in [3.63, 3.8) is 0 Å². The fourth-order valence-electron chi connectivity index (χ4n) is 2.76. The zero-order chi connectivity index (χ0) is 14.3. The quantitative estimate of drug-likeness (QED) is 0.633. The zero-order valence-electron chi connectivity index (χ0n) is 12.3. The number of amides is 1. The molecule has 1 aliphatic heterocycles. The molecule has 0 bridgehead atoms. The van der Waals surface area contributed by atoms with Gasteiger partial charge < -0.3 is 9.64 Å². The maximum atomic E-state index is 12.1. The summed E-state index contributed by atoms with van der Waals surface area (Å²) in [5.41, 5.74) is 0.677. The molecule has 0 unspecified atom stereocenters. The first-order valence-electron chi connectivity index (χ1n) is 6.89. The molecule has 0 radical (unpaired) electrons.